The normalized spacial score (nSPS) is 11.7. The number of nitrogens with one attached hydrogen (secondary N) is 1. The fourth-order valence-corrected chi connectivity index (χ4v) is 4.09. The molecule has 2 heterocycles. The average molecular weight is 430 g/mol. The van der Waals surface area contributed by atoms with Gasteiger partial charge in [0.1, 0.15) is 5.69 Å². The van der Waals surface area contributed by atoms with Crippen LogP contribution in [0.3, 0.4) is 0 Å². The van der Waals surface area contributed by atoms with E-state index in [0.717, 1.165) is 22.9 Å². The summed E-state index contributed by atoms with van der Waals surface area (Å²) in [6, 6.07) is 11.3. The van der Waals surface area contributed by atoms with E-state index in [1.165, 1.54) is 23.5 Å². The van der Waals surface area contributed by atoms with Gasteiger partial charge in [0.25, 0.3) is 5.69 Å². The smallest absolute Gasteiger partial charge is 0.294 e. The summed E-state index contributed by atoms with van der Waals surface area (Å²) < 4.78 is 24.6. The number of benzene rings is 2. The van der Waals surface area contributed by atoms with Crippen molar-refractivity contribution in [3.8, 4) is 11.3 Å². The fourth-order valence-electron chi connectivity index (χ4n) is 2.72. The first kappa shape index (κ1) is 19.0. The highest BCUT2D eigenvalue weighted by atomic mass is 32.2. The summed E-state index contributed by atoms with van der Waals surface area (Å²) in [5, 5.41) is 25.5. The Kier molecular flexibility index (Phi) is 4.53. The minimum Gasteiger partial charge on any atom is -0.317 e. The molecule has 0 fully saturated rings. The molecular formula is C17H14N6O4S2. The highest BCUT2D eigenvalue weighted by molar-refractivity contribution is 7.89. The van der Waals surface area contributed by atoms with E-state index in [4.69, 9.17) is 5.14 Å². The molecule has 29 heavy (non-hydrogen) atoms. The van der Waals surface area contributed by atoms with Gasteiger partial charge in [-0.25, -0.2) is 18.1 Å². The molecule has 0 spiro atoms. The molecule has 0 aliphatic carbocycles. The number of thiazole rings is 1. The number of aromatic nitrogens is 3. The Morgan fingerprint density at radius 3 is 2.59 bits per heavy atom. The van der Waals surface area contributed by atoms with Crippen LogP contribution in [0.4, 0.5) is 17.3 Å². The van der Waals surface area contributed by atoms with Crippen molar-refractivity contribution in [1.82, 2.24) is 14.6 Å². The van der Waals surface area contributed by atoms with E-state index in [2.05, 4.69) is 15.4 Å². The number of aryl methyl sites for hydroxylation is 1. The van der Waals surface area contributed by atoms with Crippen molar-refractivity contribution >= 4 is 43.6 Å². The van der Waals surface area contributed by atoms with Crippen LogP contribution in [0, 0.1) is 17.0 Å². The molecular weight excluding hydrogens is 416 g/mol. The molecule has 2 aromatic carbocycles. The lowest BCUT2D eigenvalue weighted by atomic mass is 10.1. The van der Waals surface area contributed by atoms with E-state index in [-0.39, 0.29) is 16.5 Å². The minimum absolute atomic E-state index is 0.0533. The third-order valence-electron chi connectivity index (χ3n) is 4.17. The monoisotopic (exact) mass is 430 g/mol. The maximum absolute atomic E-state index is 11.5. The van der Waals surface area contributed by atoms with E-state index < -0.39 is 20.6 Å². The Labute approximate surface area is 168 Å². The zero-order valence-electron chi connectivity index (χ0n) is 14.9. The molecule has 0 saturated heterocycles. The Morgan fingerprint density at radius 1 is 1.21 bits per heavy atom. The lowest BCUT2D eigenvalue weighted by Gasteiger charge is -2.05. The zero-order chi connectivity index (χ0) is 20.8. The van der Waals surface area contributed by atoms with Crippen molar-refractivity contribution in [2.45, 2.75) is 11.8 Å². The first-order valence-electron chi connectivity index (χ1n) is 8.22. The highest BCUT2D eigenvalue weighted by Crippen LogP contribution is 2.31. The minimum atomic E-state index is -4.07. The second kappa shape index (κ2) is 6.92. The van der Waals surface area contributed by atoms with Gasteiger partial charge in [0.2, 0.25) is 20.9 Å². The SMILES string of the molecule is Cc1ccc(-c2csc3nc(Nc4ccc(S(N)(=O)=O)cc4[N+](=O)[O-])nn23)cc1. The van der Waals surface area contributed by atoms with Gasteiger partial charge in [-0.3, -0.25) is 10.1 Å². The van der Waals surface area contributed by atoms with Crippen LogP contribution < -0.4 is 10.5 Å². The van der Waals surface area contributed by atoms with Crippen molar-refractivity contribution < 1.29 is 13.3 Å². The summed E-state index contributed by atoms with van der Waals surface area (Å²) in [5.41, 5.74) is 2.54. The number of rotatable bonds is 5. The first-order chi connectivity index (χ1) is 13.7. The van der Waals surface area contributed by atoms with Gasteiger partial charge in [-0.15, -0.1) is 16.4 Å². The maximum Gasteiger partial charge on any atom is 0.294 e. The van der Waals surface area contributed by atoms with Crippen LogP contribution in [0.5, 0.6) is 0 Å². The summed E-state index contributed by atoms with van der Waals surface area (Å²) >= 11 is 1.38. The summed E-state index contributed by atoms with van der Waals surface area (Å²) in [7, 11) is -4.07. The predicted molar refractivity (Wildman–Crippen MR) is 109 cm³/mol. The van der Waals surface area contributed by atoms with Gasteiger partial charge in [-0.2, -0.15) is 4.98 Å². The number of anilines is 2. The topological polar surface area (TPSA) is 146 Å². The standard InChI is InChI=1S/C17H14N6O4S2/c1-10-2-4-11(5-3-10)15-9-28-17-20-16(21-22(15)17)19-13-7-6-12(29(18,26)27)8-14(13)23(24)25/h2-9H,1H3,(H,19,21)(H2,18,26,27). The molecule has 0 amide bonds. The molecule has 3 N–H and O–H groups in total. The number of nitro groups is 1. The molecule has 0 bridgehead atoms. The van der Waals surface area contributed by atoms with Crippen molar-refractivity contribution in [1.29, 1.82) is 0 Å². The second-order valence-corrected chi connectivity index (χ2v) is 8.62. The van der Waals surface area contributed by atoms with Crippen LogP contribution in [-0.2, 0) is 10.0 Å². The summed E-state index contributed by atoms with van der Waals surface area (Å²) in [5.74, 6) is 0.150. The Morgan fingerprint density at radius 2 is 1.93 bits per heavy atom. The molecule has 2 aromatic heterocycles. The molecule has 0 unspecified atom stereocenters. The van der Waals surface area contributed by atoms with Crippen LogP contribution in [0.25, 0.3) is 16.2 Å². The highest BCUT2D eigenvalue weighted by Gasteiger charge is 2.21. The number of sulfonamides is 1. The predicted octanol–water partition coefficient (Wildman–Crippen LogP) is 3.07. The van der Waals surface area contributed by atoms with Crippen molar-refractivity contribution in [2.75, 3.05) is 5.32 Å². The number of nitrogens with two attached hydrogens (primary N) is 1. The molecule has 4 rings (SSSR count). The summed E-state index contributed by atoms with van der Waals surface area (Å²) in [4.78, 5) is 15.3. The number of hydrogen-bond donors (Lipinski definition) is 2. The van der Waals surface area contributed by atoms with Crippen molar-refractivity contribution in [3.63, 3.8) is 0 Å². The van der Waals surface area contributed by atoms with E-state index in [9.17, 15) is 18.5 Å². The van der Waals surface area contributed by atoms with Gasteiger partial charge in [0, 0.05) is 17.0 Å². The fraction of sp³-hybridized carbons (Fsp3) is 0.0588. The second-order valence-electron chi connectivity index (χ2n) is 6.22. The number of nitrogens with zero attached hydrogens (tertiary/aromatic N) is 4. The van der Waals surface area contributed by atoms with Crippen LogP contribution in [0.1, 0.15) is 5.56 Å². The van der Waals surface area contributed by atoms with Crippen molar-refractivity contribution in [3.05, 3.63) is 63.5 Å². The largest absolute Gasteiger partial charge is 0.317 e. The van der Waals surface area contributed by atoms with Crippen LogP contribution >= 0.6 is 11.3 Å². The summed E-state index contributed by atoms with van der Waals surface area (Å²) in [6.45, 7) is 2.00. The molecule has 12 heteroatoms. The quantitative estimate of drug-likeness (QED) is 0.365. The molecule has 0 aliphatic heterocycles. The Hall–Kier alpha value is -3.35. The number of hydrogen-bond acceptors (Lipinski definition) is 8. The van der Waals surface area contributed by atoms with Crippen LogP contribution in [0.15, 0.2) is 52.7 Å². The zero-order valence-corrected chi connectivity index (χ0v) is 16.6. The third-order valence-corrected chi connectivity index (χ3v) is 5.90. The van der Waals surface area contributed by atoms with E-state index in [1.807, 2.05) is 36.6 Å². The van der Waals surface area contributed by atoms with Gasteiger partial charge in [-0.05, 0) is 19.1 Å². The van der Waals surface area contributed by atoms with E-state index >= 15 is 0 Å². The lowest BCUT2D eigenvalue weighted by Crippen LogP contribution is -2.12. The number of nitro benzene ring substituents is 1. The average Bonchev–Trinajstić information content (AvgIpc) is 3.22. The third kappa shape index (κ3) is 3.68. The molecule has 0 atom stereocenters. The first-order valence-corrected chi connectivity index (χ1v) is 10.6. The van der Waals surface area contributed by atoms with Gasteiger partial charge < -0.3 is 5.32 Å². The Balaban J connectivity index is 1.72. The van der Waals surface area contributed by atoms with Crippen LogP contribution in [-0.4, -0.2) is 27.9 Å². The van der Waals surface area contributed by atoms with Gasteiger partial charge in [0.15, 0.2) is 0 Å². The van der Waals surface area contributed by atoms with Gasteiger partial charge >= 0.3 is 0 Å². The Bertz CT molecular complexity index is 1340. The van der Waals surface area contributed by atoms with E-state index in [1.54, 1.807) is 4.52 Å². The molecule has 148 valence electrons. The molecule has 0 radical (unpaired) electrons. The molecule has 4 aromatic rings. The lowest BCUT2D eigenvalue weighted by molar-refractivity contribution is -0.384. The molecule has 10 nitrogen and oxygen atoms in total. The van der Waals surface area contributed by atoms with E-state index in [0.29, 0.717) is 4.96 Å². The van der Waals surface area contributed by atoms with Crippen molar-refractivity contribution in [2.24, 2.45) is 5.14 Å². The number of fused-ring (bicyclic) bond motifs is 1. The number of primary sulfonamides is 1. The summed E-state index contributed by atoms with van der Waals surface area (Å²) in [6.07, 6.45) is 0. The van der Waals surface area contributed by atoms with Gasteiger partial charge in [0.05, 0.1) is 15.5 Å². The molecule has 0 aliphatic rings. The van der Waals surface area contributed by atoms with Crippen LogP contribution in [0.2, 0.25) is 0 Å². The maximum atomic E-state index is 11.5. The molecule has 0 saturated carbocycles. The van der Waals surface area contributed by atoms with Gasteiger partial charge in [-0.1, -0.05) is 29.8 Å².